The van der Waals surface area contributed by atoms with Gasteiger partial charge in [-0.05, 0) is 18.9 Å². The molecule has 100 valence electrons. The molecule has 1 rings (SSSR count). The molecular weight excluding hydrogens is 228 g/mol. The van der Waals surface area contributed by atoms with E-state index in [1.807, 2.05) is 37.3 Å². The van der Waals surface area contributed by atoms with Gasteiger partial charge in [-0.2, -0.15) is 0 Å². The molecule has 0 aliphatic heterocycles. The zero-order valence-corrected chi connectivity index (χ0v) is 11.3. The molecule has 0 aliphatic carbocycles. The minimum Gasteiger partial charge on any atom is -0.369 e. The third-order valence-electron chi connectivity index (χ3n) is 3.35. The molecule has 1 aromatic rings. The summed E-state index contributed by atoms with van der Waals surface area (Å²) in [6.07, 6.45) is 0.613. The molecule has 18 heavy (non-hydrogen) atoms. The lowest BCUT2D eigenvalue weighted by molar-refractivity contribution is -0.142. The molecule has 0 saturated carbocycles. The molecule has 0 saturated heterocycles. The van der Waals surface area contributed by atoms with Gasteiger partial charge in [-0.1, -0.05) is 37.3 Å². The molecule has 0 radical (unpaired) electrons. The standard InChI is InChI=1S/C14H22N2O2/c1-4-14(2,18-3)13(17)16-12(10-15)11-8-6-5-7-9-11/h5-9,12H,4,10,15H2,1-3H3,(H,16,17). The Morgan fingerprint density at radius 3 is 2.50 bits per heavy atom. The Balaban J connectivity index is 2.79. The first kappa shape index (κ1) is 14.7. The van der Waals surface area contributed by atoms with Gasteiger partial charge in [-0.15, -0.1) is 0 Å². The van der Waals surface area contributed by atoms with Gasteiger partial charge >= 0.3 is 0 Å². The number of hydrogen-bond acceptors (Lipinski definition) is 3. The van der Waals surface area contributed by atoms with Crippen LogP contribution in [0.3, 0.4) is 0 Å². The van der Waals surface area contributed by atoms with Crippen LogP contribution in [-0.4, -0.2) is 25.2 Å². The number of hydrogen-bond donors (Lipinski definition) is 2. The lowest BCUT2D eigenvalue weighted by Gasteiger charge is -2.28. The number of rotatable bonds is 6. The number of nitrogens with two attached hydrogens (primary N) is 1. The molecule has 0 aromatic heterocycles. The Hall–Kier alpha value is -1.39. The van der Waals surface area contributed by atoms with Gasteiger partial charge in [-0.3, -0.25) is 4.79 Å². The maximum absolute atomic E-state index is 12.2. The van der Waals surface area contributed by atoms with E-state index in [2.05, 4.69) is 5.32 Å². The second-order valence-electron chi connectivity index (χ2n) is 4.46. The van der Waals surface area contributed by atoms with Crippen LogP contribution in [0.5, 0.6) is 0 Å². The number of ether oxygens (including phenoxy) is 1. The quantitative estimate of drug-likeness (QED) is 0.806. The molecule has 1 aromatic carbocycles. The summed E-state index contributed by atoms with van der Waals surface area (Å²) in [4.78, 5) is 12.2. The summed E-state index contributed by atoms with van der Waals surface area (Å²) in [6.45, 7) is 4.06. The Labute approximate surface area is 109 Å². The van der Waals surface area contributed by atoms with Crippen molar-refractivity contribution in [1.82, 2.24) is 5.32 Å². The highest BCUT2D eigenvalue weighted by atomic mass is 16.5. The van der Waals surface area contributed by atoms with Crippen molar-refractivity contribution < 1.29 is 9.53 Å². The Bertz CT molecular complexity index is 375. The normalized spacial score (nSPS) is 15.8. The summed E-state index contributed by atoms with van der Waals surface area (Å²) in [5, 5.41) is 2.94. The van der Waals surface area contributed by atoms with Crippen LogP contribution < -0.4 is 11.1 Å². The Morgan fingerprint density at radius 1 is 1.44 bits per heavy atom. The molecule has 2 atom stereocenters. The van der Waals surface area contributed by atoms with Crippen molar-refractivity contribution in [1.29, 1.82) is 0 Å². The second kappa shape index (κ2) is 6.52. The molecule has 3 N–H and O–H groups in total. The Kier molecular flexibility index (Phi) is 5.31. The lowest BCUT2D eigenvalue weighted by atomic mass is 10.00. The highest BCUT2D eigenvalue weighted by Crippen LogP contribution is 2.17. The summed E-state index contributed by atoms with van der Waals surface area (Å²) in [5.74, 6) is -0.133. The van der Waals surface area contributed by atoms with E-state index in [1.54, 1.807) is 14.0 Å². The fourth-order valence-electron chi connectivity index (χ4n) is 1.67. The van der Waals surface area contributed by atoms with E-state index in [1.165, 1.54) is 0 Å². The van der Waals surface area contributed by atoms with E-state index in [0.717, 1.165) is 5.56 Å². The van der Waals surface area contributed by atoms with Crippen LogP contribution in [0.2, 0.25) is 0 Å². The molecular formula is C14H22N2O2. The van der Waals surface area contributed by atoms with Crippen molar-refractivity contribution in [2.24, 2.45) is 5.73 Å². The minimum atomic E-state index is -0.803. The summed E-state index contributed by atoms with van der Waals surface area (Å²) in [7, 11) is 1.54. The van der Waals surface area contributed by atoms with Crippen LogP contribution in [0.25, 0.3) is 0 Å². The number of nitrogens with one attached hydrogen (secondary N) is 1. The van der Waals surface area contributed by atoms with E-state index >= 15 is 0 Å². The molecule has 0 aliphatic rings. The first-order valence-corrected chi connectivity index (χ1v) is 6.18. The maximum Gasteiger partial charge on any atom is 0.252 e. The molecule has 2 unspecified atom stereocenters. The number of amides is 1. The van der Waals surface area contributed by atoms with Crippen molar-refractivity contribution in [2.45, 2.75) is 31.9 Å². The highest BCUT2D eigenvalue weighted by molar-refractivity contribution is 5.85. The van der Waals surface area contributed by atoms with Gasteiger partial charge in [0.05, 0.1) is 6.04 Å². The summed E-state index contributed by atoms with van der Waals surface area (Å²) >= 11 is 0. The topological polar surface area (TPSA) is 64.3 Å². The predicted octanol–water partition coefficient (Wildman–Crippen LogP) is 1.62. The summed E-state index contributed by atoms with van der Waals surface area (Å²) < 4.78 is 5.28. The van der Waals surface area contributed by atoms with Crippen molar-refractivity contribution in [3.05, 3.63) is 35.9 Å². The largest absolute Gasteiger partial charge is 0.369 e. The van der Waals surface area contributed by atoms with E-state index in [0.29, 0.717) is 13.0 Å². The molecule has 0 fully saturated rings. The number of methoxy groups -OCH3 is 1. The number of benzene rings is 1. The van der Waals surface area contributed by atoms with Crippen LogP contribution in [-0.2, 0) is 9.53 Å². The van der Waals surface area contributed by atoms with Crippen LogP contribution in [0, 0.1) is 0 Å². The third kappa shape index (κ3) is 3.31. The monoisotopic (exact) mass is 250 g/mol. The molecule has 0 spiro atoms. The number of carbonyl (C=O) groups excluding carboxylic acids is 1. The first-order chi connectivity index (χ1) is 8.57. The van der Waals surface area contributed by atoms with Crippen LogP contribution in [0.1, 0.15) is 31.9 Å². The van der Waals surface area contributed by atoms with Crippen LogP contribution in [0.15, 0.2) is 30.3 Å². The average Bonchev–Trinajstić information content (AvgIpc) is 2.44. The second-order valence-corrected chi connectivity index (χ2v) is 4.46. The van der Waals surface area contributed by atoms with Crippen LogP contribution >= 0.6 is 0 Å². The highest BCUT2D eigenvalue weighted by Gasteiger charge is 2.32. The molecule has 0 heterocycles. The van der Waals surface area contributed by atoms with Crippen LogP contribution in [0.4, 0.5) is 0 Å². The predicted molar refractivity (Wildman–Crippen MR) is 72.1 cm³/mol. The van der Waals surface area contributed by atoms with Gasteiger partial charge in [0.1, 0.15) is 5.60 Å². The van der Waals surface area contributed by atoms with Gasteiger partial charge in [0, 0.05) is 13.7 Å². The summed E-state index contributed by atoms with van der Waals surface area (Å²) in [5.41, 5.74) is 5.92. The number of carbonyl (C=O) groups is 1. The smallest absolute Gasteiger partial charge is 0.252 e. The van der Waals surface area contributed by atoms with Gasteiger partial charge in [0.25, 0.3) is 5.91 Å². The van der Waals surface area contributed by atoms with Gasteiger partial charge in [-0.25, -0.2) is 0 Å². The minimum absolute atomic E-state index is 0.133. The van der Waals surface area contributed by atoms with E-state index in [9.17, 15) is 4.79 Å². The lowest BCUT2D eigenvalue weighted by Crippen LogP contribution is -2.48. The third-order valence-corrected chi connectivity index (χ3v) is 3.35. The molecule has 4 nitrogen and oxygen atoms in total. The fourth-order valence-corrected chi connectivity index (χ4v) is 1.67. The Morgan fingerprint density at radius 2 is 2.06 bits per heavy atom. The van der Waals surface area contributed by atoms with E-state index in [4.69, 9.17) is 10.5 Å². The first-order valence-electron chi connectivity index (χ1n) is 6.18. The van der Waals surface area contributed by atoms with Crippen molar-refractivity contribution >= 4 is 5.91 Å². The van der Waals surface area contributed by atoms with E-state index < -0.39 is 5.60 Å². The van der Waals surface area contributed by atoms with Crippen molar-refractivity contribution in [3.63, 3.8) is 0 Å². The fraction of sp³-hybridized carbons (Fsp3) is 0.500. The molecule has 0 bridgehead atoms. The average molecular weight is 250 g/mol. The van der Waals surface area contributed by atoms with E-state index in [-0.39, 0.29) is 11.9 Å². The van der Waals surface area contributed by atoms with Gasteiger partial charge in [0.15, 0.2) is 0 Å². The zero-order chi connectivity index (χ0) is 13.6. The SMILES string of the molecule is CCC(C)(OC)C(=O)NC(CN)c1ccccc1. The van der Waals surface area contributed by atoms with Gasteiger partial charge < -0.3 is 15.8 Å². The van der Waals surface area contributed by atoms with Crippen molar-refractivity contribution in [3.8, 4) is 0 Å². The van der Waals surface area contributed by atoms with Gasteiger partial charge in [0.2, 0.25) is 0 Å². The summed E-state index contributed by atoms with van der Waals surface area (Å²) in [6, 6.07) is 9.52. The zero-order valence-electron chi connectivity index (χ0n) is 11.3. The maximum atomic E-state index is 12.2. The molecule has 4 heteroatoms. The van der Waals surface area contributed by atoms with Crippen molar-refractivity contribution in [2.75, 3.05) is 13.7 Å². The molecule has 1 amide bonds.